The molecule has 0 aliphatic carbocycles. The lowest BCUT2D eigenvalue weighted by Gasteiger charge is -2.14. The van der Waals surface area contributed by atoms with Gasteiger partial charge in [-0.1, -0.05) is 13.0 Å². The smallest absolute Gasteiger partial charge is 0.260 e. The fraction of sp³-hybridized carbons (Fsp3) is 0.583. The lowest BCUT2D eigenvalue weighted by Crippen LogP contribution is -2.28. The molecule has 0 spiro atoms. The summed E-state index contributed by atoms with van der Waals surface area (Å²) in [6, 6.07) is 3.42. The van der Waals surface area contributed by atoms with E-state index in [0.717, 1.165) is 24.9 Å². The number of hydrogen-bond acceptors (Lipinski definition) is 4. The number of nitrogens with zero attached hydrogens (tertiary/aromatic N) is 2. The number of sulfonamides is 1. The van der Waals surface area contributed by atoms with Gasteiger partial charge < -0.3 is 5.32 Å². The quantitative estimate of drug-likeness (QED) is 0.865. The molecule has 1 saturated heterocycles. The normalized spacial score (nSPS) is 17.2. The Labute approximate surface area is 108 Å². The summed E-state index contributed by atoms with van der Waals surface area (Å²) in [5, 5.41) is 3.34. The average molecular weight is 269 g/mol. The van der Waals surface area contributed by atoms with Crippen molar-refractivity contribution in [3.05, 3.63) is 23.9 Å². The average Bonchev–Trinajstić information content (AvgIpc) is 2.91. The number of hydrogen-bond donors (Lipinski definition) is 1. The summed E-state index contributed by atoms with van der Waals surface area (Å²) in [5.41, 5.74) is 0.997. The molecule has 1 fully saturated rings. The molecule has 0 aromatic carbocycles. The highest BCUT2D eigenvalue weighted by Crippen LogP contribution is 2.19. The van der Waals surface area contributed by atoms with Crippen molar-refractivity contribution in [2.75, 3.05) is 19.6 Å². The van der Waals surface area contributed by atoms with Gasteiger partial charge in [-0.3, -0.25) is 0 Å². The van der Waals surface area contributed by atoms with Crippen LogP contribution in [0.1, 0.15) is 25.3 Å². The van der Waals surface area contributed by atoms with Crippen LogP contribution in [0.4, 0.5) is 0 Å². The van der Waals surface area contributed by atoms with E-state index < -0.39 is 10.0 Å². The van der Waals surface area contributed by atoms with Crippen molar-refractivity contribution in [3.8, 4) is 0 Å². The molecule has 1 N–H and O–H groups in total. The topological polar surface area (TPSA) is 62.3 Å². The highest BCUT2D eigenvalue weighted by molar-refractivity contribution is 7.89. The van der Waals surface area contributed by atoms with Gasteiger partial charge in [0.05, 0.1) is 0 Å². The second-order valence-corrected chi connectivity index (χ2v) is 6.28. The summed E-state index contributed by atoms with van der Waals surface area (Å²) >= 11 is 0. The Morgan fingerprint density at radius 2 is 2.06 bits per heavy atom. The van der Waals surface area contributed by atoms with Crippen LogP contribution < -0.4 is 5.32 Å². The Morgan fingerprint density at radius 3 is 2.61 bits per heavy atom. The maximum atomic E-state index is 12.2. The third-order valence-electron chi connectivity index (χ3n) is 3.05. The third kappa shape index (κ3) is 2.88. The van der Waals surface area contributed by atoms with Crippen LogP contribution in [-0.4, -0.2) is 37.3 Å². The molecule has 0 atom stereocenters. The summed E-state index contributed by atoms with van der Waals surface area (Å²) < 4.78 is 25.9. The molecular weight excluding hydrogens is 250 g/mol. The lowest BCUT2D eigenvalue weighted by molar-refractivity contribution is 0.474. The van der Waals surface area contributed by atoms with Gasteiger partial charge in [0.25, 0.3) is 10.0 Å². The van der Waals surface area contributed by atoms with Crippen molar-refractivity contribution in [2.45, 2.75) is 31.3 Å². The summed E-state index contributed by atoms with van der Waals surface area (Å²) in [7, 11) is -3.37. The van der Waals surface area contributed by atoms with Crippen LogP contribution in [0.5, 0.6) is 0 Å². The molecule has 1 aromatic heterocycles. The fourth-order valence-corrected chi connectivity index (χ4v) is 3.43. The molecule has 0 saturated carbocycles. The summed E-state index contributed by atoms with van der Waals surface area (Å²) in [6.07, 6.45) is 3.51. The van der Waals surface area contributed by atoms with Gasteiger partial charge >= 0.3 is 0 Å². The number of aromatic nitrogens is 1. The molecule has 18 heavy (non-hydrogen) atoms. The molecule has 0 bridgehead atoms. The summed E-state index contributed by atoms with van der Waals surface area (Å²) in [4.78, 5) is 4.08. The first-order chi connectivity index (χ1) is 8.64. The van der Waals surface area contributed by atoms with Gasteiger partial charge in [0.2, 0.25) is 0 Å². The maximum absolute atomic E-state index is 12.2. The monoisotopic (exact) mass is 269 g/mol. The molecule has 5 nitrogen and oxygen atoms in total. The molecule has 0 unspecified atom stereocenters. The van der Waals surface area contributed by atoms with Gasteiger partial charge in [-0.15, -0.1) is 0 Å². The zero-order chi connectivity index (χ0) is 13.0. The Hall–Kier alpha value is -0.980. The van der Waals surface area contributed by atoms with E-state index in [1.807, 2.05) is 13.0 Å². The zero-order valence-electron chi connectivity index (χ0n) is 10.6. The minimum Gasteiger partial charge on any atom is -0.313 e. The SMILES string of the molecule is CCNCc1ccc(S(=O)(=O)N2CCCC2)nc1. The lowest BCUT2D eigenvalue weighted by atomic mass is 10.3. The van der Waals surface area contributed by atoms with Crippen molar-refractivity contribution >= 4 is 10.0 Å². The first-order valence-electron chi connectivity index (χ1n) is 6.30. The summed E-state index contributed by atoms with van der Waals surface area (Å²) in [6.45, 7) is 4.85. The van der Waals surface area contributed by atoms with E-state index in [0.29, 0.717) is 19.6 Å². The predicted octanol–water partition coefficient (Wildman–Crippen LogP) is 0.976. The molecular formula is C12H19N3O2S. The Morgan fingerprint density at radius 1 is 1.33 bits per heavy atom. The summed E-state index contributed by atoms with van der Waals surface area (Å²) in [5.74, 6) is 0. The molecule has 0 radical (unpaired) electrons. The number of rotatable bonds is 5. The van der Waals surface area contributed by atoms with E-state index in [-0.39, 0.29) is 5.03 Å². The van der Waals surface area contributed by atoms with Crippen LogP contribution in [-0.2, 0) is 16.6 Å². The first kappa shape index (κ1) is 13.5. The van der Waals surface area contributed by atoms with E-state index in [2.05, 4.69) is 10.3 Å². The van der Waals surface area contributed by atoms with E-state index in [1.54, 1.807) is 12.3 Å². The van der Waals surface area contributed by atoms with Gasteiger partial charge in [0, 0.05) is 25.8 Å². The zero-order valence-corrected chi connectivity index (χ0v) is 11.4. The van der Waals surface area contributed by atoms with Gasteiger partial charge in [-0.25, -0.2) is 13.4 Å². The van der Waals surface area contributed by atoms with Crippen molar-refractivity contribution < 1.29 is 8.42 Å². The van der Waals surface area contributed by atoms with Crippen molar-refractivity contribution in [2.24, 2.45) is 0 Å². The molecule has 100 valence electrons. The Kier molecular flexibility index (Phi) is 4.31. The van der Waals surface area contributed by atoms with E-state index >= 15 is 0 Å². The minimum atomic E-state index is -3.37. The minimum absolute atomic E-state index is 0.157. The first-order valence-corrected chi connectivity index (χ1v) is 7.74. The van der Waals surface area contributed by atoms with Crippen molar-refractivity contribution in [1.29, 1.82) is 0 Å². The largest absolute Gasteiger partial charge is 0.313 e. The van der Waals surface area contributed by atoms with E-state index in [1.165, 1.54) is 4.31 Å². The van der Waals surface area contributed by atoms with Gasteiger partial charge in [0.1, 0.15) is 0 Å². The third-order valence-corrected chi connectivity index (χ3v) is 4.86. The second-order valence-electron chi connectivity index (χ2n) is 4.40. The molecule has 1 aliphatic heterocycles. The Bertz CT molecular complexity index is 479. The van der Waals surface area contributed by atoms with Crippen LogP contribution in [0.15, 0.2) is 23.4 Å². The maximum Gasteiger partial charge on any atom is 0.260 e. The van der Waals surface area contributed by atoms with Crippen molar-refractivity contribution in [1.82, 2.24) is 14.6 Å². The van der Waals surface area contributed by atoms with E-state index in [9.17, 15) is 8.42 Å². The fourth-order valence-electron chi connectivity index (χ4n) is 2.00. The van der Waals surface area contributed by atoms with Crippen LogP contribution in [0.3, 0.4) is 0 Å². The highest BCUT2D eigenvalue weighted by Gasteiger charge is 2.27. The highest BCUT2D eigenvalue weighted by atomic mass is 32.2. The van der Waals surface area contributed by atoms with Crippen LogP contribution in [0.25, 0.3) is 0 Å². The molecule has 6 heteroatoms. The van der Waals surface area contributed by atoms with Gasteiger partial charge in [0.15, 0.2) is 5.03 Å². The predicted molar refractivity (Wildman–Crippen MR) is 69.6 cm³/mol. The van der Waals surface area contributed by atoms with E-state index in [4.69, 9.17) is 0 Å². The standard InChI is InChI=1S/C12H19N3O2S/c1-2-13-9-11-5-6-12(14-10-11)18(16,17)15-7-3-4-8-15/h5-6,10,13H,2-4,7-9H2,1H3. The molecule has 2 heterocycles. The van der Waals surface area contributed by atoms with Crippen LogP contribution in [0, 0.1) is 0 Å². The Balaban J connectivity index is 2.13. The molecule has 1 aromatic rings. The van der Waals surface area contributed by atoms with Crippen LogP contribution in [0.2, 0.25) is 0 Å². The molecule has 1 aliphatic rings. The van der Waals surface area contributed by atoms with Gasteiger partial charge in [-0.05, 0) is 31.0 Å². The second kappa shape index (κ2) is 5.77. The molecule has 2 rings (SSSR count). The molecule has 0 amide bonds. The number of nitrogens with one attached hydrogen (secondary N) is 1. The van der Waals surface area contributed by atoms with Crippen LogP contribution >= 0.6 is 0 Å². The number of pyridine rings is 1. The van der Waals surface area contributed by atoms with Crippen molar-refractivity contribution in [3.63, 3.8) is 0 Å². The van der Waals surface area contributed by atoms with Gasteiger partial charge in [-0.2, -0.15) is 4.31 Å².